The Kier molecular flexibility index (Phi) is 5.46. The standard InChI is InChI=1S/C19H19BrN4O3/c1-11(2)26-19(25)23-18-22-14-6-4-5-7-15(14)24(18)17(21)27-16-9-8-12(3)10-13(16)20/h4-11,21H,1-3H3,(H,22,23,25). The predicted molar refractivity (Wildman–Crippen MR) is 108 cm³/mol. The zero-order valence-corrected chi connectivity index (χ0v) is 16.7. The molecule has 1 aromatic heterocycles. The van der Waals surface area contributed by atoms with Gasteiger partial charge in [0, 0.05) is 0 Å². The summed E-state index contributed by atoms with van der Waals surface area (Å²) < 4.78 is 13.0. The second-order valence-electron chi connectivity index (χ2n) is 6.18. The van der Waals surface area contributed by atoms with E-state index in [1.807, 2.05) is 31.2 Å². The van der Waals surface area contributed by atoms with Gasteiger partial charge in [-0.1, -0.05) is 18.2 Å². The van der Waals surface area contributed by atoms with Crippen molar-refractivity contribution in [3.8, 4) is 5.75 Å². The summed E-state index contributed by atoms with van der Waals surface area (Å²) in [5.41, 5.74) is 2.31. The second kappa shape index (κ2) is 7.79. The Morgan fingerprint density at radius 2 is 2.00 bits per heavy atom. The number of hydrogen-bond donors (Lipinski definition) is 2. The quantitative estimate of drug-likeness (QED) is 0.455. The highest BCUT2D eigenvalue weighted by Gasteiger charge is 2.19. The number of fused-ring (bicyclic) bond motifs is 1. The topological polar surface area (TPSA) is 89.2 Å². The number of anilines is 1. The molecule has 7 nitrogen and oxygen atoms in total. The Hall–Kier alpha value is -2.87. The van der Waals surface area contributed by atoms with Crippen LogP contribution in [0.5, 0.6) is 5.75 Å². The van der Waals surface area contributed by atoms with Gasteiger partial charge in [-0.15, -0.1) is 0 Å². The highest BCUT2D eigenvalue weighted by Crippen LogP contribution is 2.27. The Labute approximate surface area is 164 Å². The molecule has 0 atom stereocenters. The molecule has 0 saturated carbocycles. The summed E-state index contributed by atoms with van der Waals surface area (Å²) in [4.78, 5) is 16.4. The van der Waals surface area contributed by atoms with Crippen molar-refractivity contribution in [3.05, 3.63) is 52.5 Å². The van der Waals surface area contributed by atoms with Crippen molar-refractivity contribution in [1.29, 1.82) is 5.41 Å². The van der Waals surface area contributed by atoms with Gasteiger partial charge < -0.3 is 9.47 Å². The van der Waals surface area contributed by atoms with Gasteiger partial charge in [-0.05, 0) is 66.5 Å². The van der Waals surface area contributed by atoms with Crippen molar-refractivity contribution < 1.29 is 14.3 Å². The van der Waals surface area contributed by atoms with E-state index < -0.39 is 6.09 Å². The van der Waals surface area contributed by atoms with E-state index in [0.29, 0.717) is 16.8 Å². The highest BCUT2D eigenvalue weighted by atomic mass is 79.9. The van der Waals surface area contributed by atoms with Crippen molar-refractivity contribution in [3.63, 3.8) is 0 Å². The van der Waals surface area contributed by atoms with Crippen LogP contribution in [-0.4, -0.2) is 27.8 Å². The molecule has 0 unspecified atom stereocenters. The van der Waals surface area contributed by atoms with Crippen LogP contribution in [0.1, 0.15) is 19.4 Å². The van der Waals surface area contributed by atoms with Crippen molar-refractivity contribution in [2.75, 3.05) is 5.32 Å². The molecule has 0 fully saturated rings. The van der Waals surface area contributed by atoms with Crippen molar-refractivity contribution in [1.82, 2.24) is 9.55 Å². The summed E-state index contributed by atoms with van der Waals surface area (Å²) in [6, 6.07) is 12.6. The summed E-state index contributed by atoms with van der Waals surface area (Å²) in [5, 5.41) is 11.0. The lowest BCUT2D eigenvalue weighted by molar-refractivity contribution is 0.129. The third-order valence-corrected chi connectivity index (χ3v) is 4.23. The van der Waals surface area contributed by atoms with Crippen LogP contribution in [0.25, 0.3) is 11.0 Å². The maximum absolute atomic E-state index is 12.0. The molecule has 0 aliphatic rings. The predicted octanol–water partition coefficient (Wildman–Crippen LogP) is 4.93. The molecule has 0 bridgehead atoms. The fourth-order valence-corrected chi connectivity index (χ4v) is 3.06. The normalized spacial score (nSPS) is 10.9. The SMILES string of the molecule is Cc1ccc(OC(=N)n2c(NC(=O)OC(C)C)nc3ccccc32)c(Br)c1. The first kappa shape index (κ1) is 18.9. The number of carbonyl (C=O) groups excluding carboxylic acids is 1. The highest BCUT2D eigenvalue weighted by molar-refractivity contribution is 9.10. The Morgan fingerprint density at radius 3 is 2.70 bits per heavy atom. The number of nitrogens with one attached hydrogen (secondary N) is 2. The molecule has 0 saturated heterocycles. The number of nitrogens with zero attached hydrogens (tertiary/aromatic N) is 2. The van der Waals surface area contributed by atoms with E-state index in [-0.39, 0.29) is 18.1 Å². The number of ether oxygens (including phenoxy) is 2. The van der Waals surface area contributed by atoms with Crippen LogP contribution in [-0.2, 0) is 4.74 Å². The van der Waals surface area contributed by atoms with Crippen LogP contribution in [0.4, 0.5) is 10.7 Å². The lowest BCUT2D eigenvalue weighted by Gasteiger charge is -2.14. The molecule has 1 amide bonds. The first-order valence-electron chi connectivity index (χ1n) is 8.33. The summed E-state index contributed by atoms with van der Waals surface area (Å²) >= 11 is 3.44. The van der Waals surface area contributed by atoms with Gasteiger partial charge in [0.15, 0.2) is 0 Å². The largest absolute Gasteiger partial charge is 0.447 e. The smallest absolute Gasteiger partial charge is 0.414 e. The Bertz CT molecular complexity index is 1010. The van der Waals surface area contributed by atoms with Crippen LogP contribution in [0.15, 0.2) is 46.9 Å². The zero-order valence-electron chi connectivity index (χ0n) is 15.1. The van der Waals surface area contributed by atoms with Crippen molar-refractivity contribution >= 4 is 45.0 Å². The third-order valence-electron chi connectivity index (χ3n) is 3.61. The molecule has 2 N–H and O–H groups in total. The molecule has 2 aromatic carbocycles. The number of imidazole rings is 1. The van der Waals surface area contributed by atoms with Gasteiger partial charge in [-0.3, -0.25) is 10.7 Å². The lowest BCUT2D eigenvalue weighted by Crippen LogP contribution is -2.24. The van der Waals surface area contributed by atoms with E-state index in [2.05, 4.69) is 26.2 Å². The van der Waals surface area contributed by atoms with Crippen LogP contribution in [0.3, 0.4) is 0 Å². The molecule has 0 spiro atoms. The summed E-state index contributed by atoms with van der Waals surface area (Å²) in [6.45, 7) is 5.47. The van der Waals surface area contributed by atoms with Gasteiger partial charge in [0.25, 0.3) is 0 Å². The number of halogens is 1. The molecular formula is C19H19BrN4O3. The van der Waals surface area contributed by atoms with E-state index in [4.69, 9.17) is 14.9 Å². The molecule has 8 heteroatoms. The van der Waals surface area contributed by atoms with Crippen LogP contribution in [0, 0.1) is 12.3 Å². The number of aryl methyl sites for hydroxylation is 1. The lowest BCUT2D eigenvalue weighted by atomic mass is 10.2. The summed E-state index contributed by atoms with van der Waals surface area (Å²) in [7, 11) is 0. The number of carbonyl (C=O) groups is 1. The van der Waals surface area contributed by atoms with Gasteiger partial charge in [-0.25, -0.2) is 14.3 Å². The van der Waals surface area contributed by atoms with Gasteiger partial charge in [0.05, 0.1) is 21.6 Å². The van der Waals surface area contributed by atoms with E-state index in [1.54, 1.807) is 32.0 Å². The molecule has 3 rings (SSSR count). The molecule has 140 valence electrons. The second-order valence-corrected chi connectivity index (χ2v) is 7.03. The Morgan fingerprint density at radius 1 is 1.26 bits per heavy atom. The van der Waals surface area contributed by atoms with Gasteiger partial charge in [0.2, 0.25) is 5.95 Å². The maximum Gasteiger partial charge on any atom is 0.414 e. The monoisotopic (exact) mass is 430 g/mol. The van der Waals surface area contributed by atoms with Gasteiger partial charge in [0.1, 0.15) is 5.75 Å². The fraction of sp³-hybridized carbons (Fsp3) is 0.211. The van der Waals surface area contributed by atoms with Crippen LogP contribution in [0.2, 0.25) is 0 Å². The van der Waals surface area contributed by atoms with E-state index >= 15 is 0 Å². The number of amides is 1. The zero-order chi connectivity index (χ0) is 19.6. The van der Waals surface area contributed by atoms with E-state index in [0.717, 1.165) is 10.0 Å². The molecule has 27 heavy (non-hydrogen) atoms. The summed E-state index contributed by atoms with van der Waals surface area (Å²) in [5.74, 6) is 0.633. The minimum Gasteiger partial charge on any atom is -0.447 e. The molecular weight excluding hydrogens is 412 g/mol. The number of hydrogen-bond acceptors (Lipinski definition) is 5. The fourth-order valence-electron chi connectivity index (χ4n) is 2.49. The number of benzene rings is 2. The molecule has 1 heterocycles. The minimum atomic E-state index is -0.647. The molecule has 0 radical (unpaired) electrons. The molecule has 0 aliphatic heterocycles. The van der Waals surface area contributed by atoms with E-state index in [1.165, 1.54) is 4.57 Å². The minimum absolute atomic E-state index is 0.148. The number of para-hydroxylation sites is 2. The summed E-state index contributed by atoms with van der Waals surface area (Å²) in [6.07, 6.45) is -0.923. The number of rotatable bonds is 3. The van der Waals surface area contributed by atoms with Gasteiger partial charge in [-0.2, -0.15) is 0 Å². The average molecular weight is 431 g/mol. The first-order chi connectivity index (χ1) is 12.8. The van der Waals surface area contributed by atoms with Crippen LogP contribution < -0.4 is 10.1 Å². The third kappa shape index (κ3) is 4.28. The Balaban J connectivity index is 1.97. The molecule has 0 aliphatic carbocycles. The van der Waals surface area contributed by atoms with E-state index in [9.17, 15) is 4.79 Å². The van der Waals surface area contributed by atoms with Crippen molar-refractivity contribution in [2.24, 2.45) is 0 Å². The van der Waals surface area contributed by atoms with Crippen LogP contribution >= 0.6 is 15.9 Å². The first-order valence-corrected chi connectivity index (χ1v) is 9.12. The van der Waals surface area contributed by atoms with Crippen molar-refractivity contribution in [2.45, 2.75) is 26.9 Å². The number of aromatic nitrogens is 2. The molecule has 3 aromatic rings. The van der Waals surface area contributed by atoms with Gasteiger partial charge >= 0.3 is 12.1 Å². The average Bonchev–Trinajstić information content (AvgIpc) is 2.94. The maximum atomic E-state index is 12.0.